The van der Waals surface area contributed by atoms with E-state index >= 15 is 0 Å². The molecule has 0 aliphatic carbocycles. The number of hydrogen-bond donors (Lipinski definition) is 1. The van der Waals surface area contributed by atoms with Crippen LogP contribution >= 0.6 is 23.2 Å². The summed E-state index contributed by atoms with van der Waals surface area (Å²) in [5.41, 5.74) is 3.41. The molecule has 0 bridgehead atoms. The Morgan fingerprint density at radius 1 is 0.935 bits per heavy atom. The third-order valence-electron chi connectivity index (χ3n) is 4.74. The lowest BCUT2D eigenvalue weighted by Crippen LogP contribution is -2.38. The summed E-state index contributed by atoms with van der Waals surface area (Å²) in [6.07, 6.45) is 0. The van der Waals surface area contributed by atoms with E-state index in [4.69, 9.17) is 23.2 Å². The van der Waals surface area contributed by atoms with Gasteiger partial charge in [0, 0.05) is 0 Å². The van der Waals surface area contributed by atoms with E-state index in [1.165, 1.54) is 12.1 Å². The normalized spacial score (nSPS) is 11.3. The largest absolute Gasteiger partial charge is 0.323 e. The molecule has 8 heteroatoms. The number of nitrogens with zero attached hydrogens (tertiary/aromatic N) is 1. The molecule has 0 heterocycles. The molecule has 1 amide bonds. The Balaban J connectivity index is 2.00. The van der Waals surface area contributed by atoms with Crippen molar-refractivity contribution in [2.75, 3.05) is 16.2 Å². The summed E-state index contributed by atoms with van der Waals surface area (Å²) in [7, 11) is -4.00. The van der Waals surface area contributed by atoms with E-state index < -0.39 is 22.5 Å². The van der Waals surface area contributed by atoms with Crippen molar-refractivity contribution >= 4 is 50.5 Å². The van der Waals surface area contributed by atoms with Crippen LogP contribution in [0.3, 0.4) is 0 Å². The molecule has 0 unspecified atom stereocenters. The number of amides is 1. The van der Waals surface area contributed by atoms with Crippen molar-refractivity contribution in [1.29, 1.82) is 0 Å². The van der Waals surface area contributed by atoms with Gasteiger partial charge in [0.15, 0.2) is 0 Å². The molecule has 3 aromatic carbocycles. The van der Waals surface area contributed by atoms with Crippen LogP contribution in [0.15, 0.2) is 65.6 Å². The Labute approximate surface area is 192 Å². The Hall–Kier alpha value is -2.54. The number of hydrogen-bond acceptors (Lipinski definition) is 3. The zero-order valence-electron chi connectivity index (χ0n) is 17.3. The molecule has 31 heavy (non-hydrogen) atoms. The fourth-order valence-corrected chi connectivity index (χ4v) is 4.98. The maximum atomic E-state index is 13.5. The molecule has 162 valence electrons. The van der Waals surface area contributed by atoms with Gasteiger partial charge in [-0.2, -0.15) is 0 Å². The van der Waals surface area contributed by atoms with Gasteiger partial charge in [-0.3, -0.25) is 9.10 Å². The second-order valence-corrected chi connectivity index (χ2v) is 9.91. The van der Waals surface area contributed by atoms with Crippen LogP contribution < -0.4 is 9.62 Å². The van der Waals surface area contributed by atoms with Crippen LogP contribution in [0.25, 0.3) is 0 Å². The van der Waals surface area contributed by atoms with Crippen molar-refractivity contribution in [3.63, 3.8) is 0 Å². The SMILES string of the molecule is Cc1ccc(S(=O)(=O)N(CC(=O)Nc2cccc(Cl)c2Cl)c2ccc(C)cc2C)cc1. The maximum Gasteiger partial charge on any atom is 0.264 e. The van der Waals surface area contributed by atoms with Crippen molar-refractivity contribution in [2.45, 2.75) is 25.7 Å². The molecule has 0 saturated carbocycles. The number of benzene rings is 3. The van der Waals surface area contributed by atoms with E-state index in [1.54, 1.807) is 36.4 Å². The Kier molecular flexibility index (Phi) is 6.94. The lowest BCUT2D eigenvalue weighted by Gasteiger charge is -2.26. The molecule has 3 rings (SSSR count). The minimum atomic E-state index is -4.00. The summed E-state index contributed by atoms with van der Waals surface area (Å²) in [4.78, 5) is 13.0. The molecule has 0 aliphatic rings. The third-order valence-corrected chi connectivity index (χ3v) is 7.34. The Bertz CT molecular complexity index is 1230. The van der Waals surface area contributed by atoms with E-state index in [0.717, 1.165) is 21.0 Å². The highest BCUT2D eigenvalue weighted by atomic mass is 35.5. The van der Waals surface area contributed by atoms with Gasteiger partial charge in [-0.25, -0.2) is 8.42 Å². The van der Waals surface area contributed by atoms with Crippen LogP contribution in [0.1, 0.15) is 16.7 Å². The summed E-state index contributed by atoms with van der Waals surface area (Å²) in [5, 5.41) is 3.13. The van der Waals surface area contributed by atoms with Crippen LogP contribution in [-0.2, 0) is 14.8 Å². The first kappa shape index (κ1) is 23.1. The van der Waals surface area contributed by atoms with Crippen molar-refractivity contribution in [2.24, 2.45) is 0 Å². The third kappa shape index (κ3) is 5.21. The standard InChI is InChI=1S/C23H22Cl2N2O3S/c1-15-7-10-18(11-8-15)31(29,30)27(21-12-9-16(2)13-17(21)3)14-22(28)26-20-6-4-5-19(24)23(20)25/h4-13H,14H2,1-3H3,(H,26,28). The molecule has 0 radical (unpaired) electrons. The highest BCUT2D eigenvalue weighted by Crippen LogP contribution is 2.31. The molecule has 5 nitrogen and oxygen atoms in total. The number of carbonyl (C=O) groups is 1. The van der Waals surface area contributed by atoms with Crippen LogP contribution in [0.2, 0.25) is 10.0 Å². The molecule has 0 fully saturated rings. The summed E-state index contributed by atoms with van der Waals surface area (Å²) < 4.78 is 28.1. The lowest BCUT2D eigenvalue weighted by atomic mass is 10.1. The highest BCUT2D eigenvalue weighted by molar-refractivity contribution is 7.92. The van der Waals surface area contributed by atoms with Crippen LogP contribution in [0, 0.1) is 20.8 Å². The second kappa shape index (κ2) is 9.30. The first-order valence-electron chi connectivity index (χ1n) is 9.50. The highest BCUT2D eigenvalue weighted by Gasteiger charge is 2.28. The number of halogens is 2. The zero-order valence-corrected chi connectivity index (χ0v) is 19.6. The molecule has 0 atom stereocenters. The second-order valence-electron chi connectivity index (χ2n) is 7.26. The quantitative estimate of drug-likeness (QED) is 0.492. The first-order valence-corrected chi connectivity index (χ1v) is 11.7. The fourth-order valence-electron chi connectivity index (χ4n) is 3.14. The number of sulfonamides is 1. The summed E-state index contributed by atoms with van der Waals surface area (Å²) in [6, 6.07) is 16.7. The van der Waals surface area contributed by atoms with Crippen LogP contribution in [-0.4, -0.2) is 20.9 Å². The van der Waals surface area contributed by atoms with E-state index in [-0.39, 0.29) is 14.9 Å². The van der Waals surface area contributed by atoms with E-state index in [0.29, 0.717) is 11.4 Å². The van der Waals surface area contributed by atoms with Crippen LogP contribution in [0.4, 0.5) is 11.4 Å². The predicted molar refractivity (Wildman–Crippen MR) is 127 cm³/mol. The zero-order chi connectivity index (χ0) is 22.8. The molecule has 3 aromatic rings. The molecule has 0 aliphatic heterocycles. The van der Waals surface area contributed by atoms with Gasteiger partial charge in [0.2, 0.25) is 5.91 Å². The summed E-state index contributed by atoms with van der Waals surface area (Å²) in [6.45, 7) is 5.18. The van der Waals surface area contributed by atoms with Crippen molar-refractivity contribution in [3.05, 3.63) is 87.4 Å². The molecule has 1 N–H and O–H groups in total. The van der Waals surface area contributed by atoms with E-state index in [2.05, 4.69) is 5.32 Å². The minimum Gasteiger partial charge on any atom is -0.323 e. The van der Waals surface area contributed by atoms with Gasteiger partial charge in [0.25, 0.3) is 10.0 Å². The Morgan fingerprint density at radius 2 is 1.58 bits per heavy atom. The monoisotopic (exact) mass is 476 g/mol. The predicted octanol–water partition coefficient (Wildman–Crippen LogP) is 5.75. The number of rotatable bonds is 6. The number of aryl methyl sites for hydroxylation is 3. The van der Waals surface area contributed by atoms with Gasteiger partial charge in [-0.15, -0.1) is 0 Å². The van der Waals surface area contributed by atoms with Gasteiger partial charge < -0.3 is 5.32 Å². The Morgan fingerprint density at radius 3 is 2.23 bits per heavy atom. The fraction of sp³-hybridized carbons (Fsp3) is 0.174. The molecular formula is C23H22Cl2N2O3S. The number of carbonyl (C=O) groups excluding carboxylic acids is 1. The average Bonchev–Trinajstić information content (AvgIpc) is 2.70. The first-order chi connectivity index (χ1) is 14.6. The van der Waals surface area contributed by atoms with Crippen molar-refractivity contribution in [1.82, 2.24) is 0 Å². The van der Waals surface area contributed by atoms with Crippen molar-refractivity contribution in [3.8, 4) is 0 Å². The average molecular weight is 477 g/mol. The van der Waals surface area contributed by atoms with E-state index in [1.807, 2.05) is 32.9 Å². The number of anilines is 2. The molecule has 0 spiro atoms. The minimum absolute atomic E-state index is 0.103. The smallest absolute Gasteiger partial charge is 0.264 e. The van der Waals surface area contributed by atoms with Gasteiger partial charge in [0.05, 0.1) is 26.3 Å². The summed E-state index contributed by atoms with van der Waals surface area (Å²) >= 11 is 12.2. The lowest BCUT2D eigenvalue weighted by molar-refractivity contribution is -0.114. The molecule has 0 saturated heterocycles. The summed E-state index contributed by atoms with van der Waals surface area (Å²) in [5.74, 6) is -0.542. The molecular weight excluding hydrogens is 455 g/mol. The van der Waals surface area contributed by atoms with Crippen LogP contribution in [0.5, 0.6) is 0 Å². The van der Waals surface area contributed by atoms with Gasteiger partial charge >= 0.3 is 0 Å². The molecule has 0 aromatic heterocycles. The van der Waals surface area contributed by atoms with Gasteiger partial charge in [-0.1, -0.05) is 64.7 Å². The number of nitrogens with one attached hydrogen (secondary N) is 1. The topological polar surface area (TPSA) is 66.5 Å². The van der Waals surface area contributed by atoms with Gasteiger partial charge in [0.1, 0.15) is 6.54 Å². The van der Waals surface area contributed by atoms with Crippen molar-refractivity contribution < 1.29 is 13.2 Å². The van der Waals surface area contributed by atoms with Gasteiger partial charge in [-0.05, 0) is 56.7 Å². The van der Waals surface area contributed by atoms with E-state index in [9.17, 15) is 13.2 Å². The maximum absolute atomic E-state index is 13.5.